The number of urea groups is 1. The molecule has 0 saturated heterocycles. The monoisotopic (exact) mass is 345 g/mol. The van der Waals surface area contributed by atoms with E-state index in [1.165, 1.54) is 10.6 Å². The molecule has 0 unspecified atom stereocenters. The Bertz CT molecular complexity index is 894. The third-order valence-electron chi connectivity index (χ3n) is 3.99. The number of fused-ring (bicyclic) bond motifs is 1. The van der Waals surface area contributed by atoms with E-state index in [-0.39, 0.29) is 6.03 Å². The minimum atomic E-state index is -3.31. The van der Waals surface area contributed by atoms with Gasteiger partial charge in [0.2, 0.25) is 10.0 Å². The van der Waals surface area contributed by atoms with Crippen LogP contribution in [-0.2, 0) is 16.4 Å². The number of hydrogen-bond donors (Lipinski definition) is 2. The Morgan fingerprint density at radius 1 is 1.12 bits per heavy atom. The van der Waals surface area contributed by atoms with Crippen LogP contribution in [0.1, 0.15) is 11.1 Å². The van der Waals surface area contributed by atoms with Crippen molar-refractivity contribution in [2.45, 2.75) is 13.3 Å². The number of sulfonamides is 1. The van der Waals surface area contributed by atoms with Crippen LogP contribution >= 0.6 is 0 Å². The van der Waals surface area contributed by atoms with Crippen LogP contribution in [0.3, 0.4) is 0 Å². The molecule has 0 radical (unpaired) electrons. The van der Waals surface area contributed by atoms with E-state index in [9.17, 15) is 13.2 Å². The average Bonchev–Trinajstić information content (AvgIpc) is 2.93. The fourth-order valence-electron chi connectivity index (χ4n) is 2.77. The molecule has 0 saturated carbocycles. The molecule has 0 atom stereocenters. The van der Waals surface area contributed by atoms with E-state index in [2.05, 4.69) is 10.6 Å². The molecule has 3 rings (SSSR count). The number of para-hydroxylation sites is 1. The summed E-state index contributed by atoms with van der Waals surface area (Å²) in [5.41, 5.74) is 3.84. The molecule has 126 valence electrons. The maximum absolute atomic E-state index is 12.2. The molecule has 24 heavy (non-hydrogen) atoms. The molecule has 2 N–H and O–H groups in total. The molecular formula is C17H19N3O3S. The zero-order chi connectivity index (χ0) is 17.3. The molecule has 1 aliphatic rings. The lowest BCUT2D eigenvalue weighted by Crippen LogP contribution is -2.27. The predicted molar refractivity (Wildman–Crippen MR) is 96.2 cm³/mol. The minimum absolute atomic E-state index is 0.367. The summed E-state index contributed by atoms with van der Waals surface area (Å²) in [6.45, 7) is 2.35. The van der Waals surface area contributed by atoms with Gasteiger partial charge in [0.25, 0.3) is 0 Å². The van der Waals surface area contributed by atoms with Gasteiger partial charge in [-0.3, -0.25) is 4.31 Å². The smallest absolute Gasteiger partial charge is 0.308 e. The molecule has 2 aromatic rings. The van der Waals surface area contributed by atoms with E-state index in [0.717, 1.165) is 16.8 Å². The number of benzene rings is 2. The molecule has 1 aliphatic heterocycles. The summed E-state index contributed by atoms with van der Waals surface area (Å²) in [5.74, 6) is 0. The Kier molecular flexibility index (Phi) is 4.19. The van der Waals surface area contributed by atoms with Gasteiger partial charge in [0, 0.05) is 17.9 Å². The summed E-state index contributed by atoms with van der Waals surface area (Å²) in [5, 5.41) is 5.53. The molecule has 1 heterocycles. The van der Waals surface area contributed by atoms with Crippen molar-refractivity contribution < 1.29 is 13.2 Å². The molecule has 7 heteroatoms. The summed E-state index contributed by atoms with van der Waals surface area (Å²) in [6.07, 6.45) is 1.87. The Balaban J connectivity index is 1.77. The molecule has 0 spiro atoms. The van der Waals surface area contributed by atoms with Crippen LogP contribution < -0.4 is 14.9 Å². The van der Waals surface area contributed by atoms with Gasteiger partial charge in [-0.25, -0.2) is 13.2 Å². The highest BCUT2D eigenvalue weighted by Crippen LogP contribution is 2.32. The molecule has 6 nitrogen and oxygen atoms in total. The van der Waals surface area contributed by atoms with Crippen LogP contribution in [0.2, 0.25) is 0 Å². The van der Waals surface area contributed by atoms with E-state index in [0.29, 0.717) is 24.3 Å². The Morgan fingerprint density at radius 2 is 1.88 bits per heavy atom. The van der Waals surface area contributed by atoms with Gasteiger partial charge in [-0.1, -0.05) is 24.3 Å². The second-order valence-electron chi connectivity index (χ2n) is 5.82. The second kappa shape index (κ2) is 6.16. The fraction of sp³-hybridized carbons (Fsp3) is 0.235. The van der Waals surface area contributed by atoms with Crippen molar-refractivity contribution in [3.05, 3.63) is 53.6 Å². The van der Waals surface area contributed by atoms with E-state index < -0.39 is 10.0 Å². The molecule has 2 aromatic carbocycles. The number of aryl methyl sites for hydroxylation is 1. The topological polar surface area (TPSA) is 78.5 Å². The molecule has 2 amide bonds. The van der Waals surface area contributed by atoms with Crippen LogP contribution in [0.25, 0.3) is 0 Å². The first-order valence-corrected chi connectivity index (χ1v) is 9.44. The second-order valence-corrected chi connectivity index (χ2v) is 7.73. The van der Waals surface area contributed by atoms with Gasteiger partial charge in [-0.15, -0.1) is 0 Å². The number of rotatable bonds is 3. The summed E-state index contributed by atoms with van der Waals surface area (Å²) in [7, 11) is -3.31. The van der Waals surface area contributed by atoms with Crippen molar-refractivity contribution in [1.82, 2.24) is 0 Å². The number of nitrogens with zero attached hydrogens (tertiary/aromatic N) is 1. The Morgan fingerprint density at radius 3 is 2.58 bits per heavy atom. The predicted octanol–water partition coefficient (Wildman–Crippen LogP) is 2.96. The van der Waals surface area contributed by atoms with Crippen LogP contribution in [0, 0.1) is 6.92 Å². The maximum Gasteiger partial charge on any atom is 0.323 e. The fourth-order valence-corrected chi connectivity index (χ4v) is 3.72. The van der Waals surface area contributed by atoms with Gasteiger partial charge in [-0.05, 0) is 42.7 Å². The quantitative estimate of drug-likeness (QED) is 0.898. The largest absolute Gasteiger partial charge is 0.323 e. The van der Waals surface area contributed by atoms with Gasteiger partial charge in [0.15, 0.2) is 0 Å². The third-order valence-corrected chi connectivity index (χ3v) is 5.17. The Hall–Kier alpha value is -2.54. The number of nitrogens with one attached hydrogen (secondary N) is 2. The summed E-state index contributed by atoms with van der Waals surface area (Å²) < 4.78 is 25.0. The maximum atomic E-state index is 12.2. The summed E-state index contributed by atoms with van der Waals surface area (Å²) in [6, 6.07) is 12.4. The lowest BCUT2D eigenvalue weighted by Gasteiger charge is -2.17. The van der Waals surface area contributed by atoms with Crippen LogP contribution in [0.15, 0.2) is 42.5 Å². The van der Waals surface area contributed by atoms with Gasteiger partial charge in [-0.2, -0.15) is 0 Å². The molecule has 0 aliphatic carbocycles. The van der Waals surface area contributed by atoms with Crippen molar-refractivity contribution in [2.24, 2.45) is 0 Å². The van der Waals surface area contributed by atoms with Crippen molar-refractivity contribution in [3.8, 4) is 0 Å². The first kappa shape index (κ1) is 16.3. The van der Waals surface area contributed by atoms with Crippen molar-refractivity contribution in [2.75, 3.05) is 27.7 Å². The van der Waals surface area contributed by atoms with Gasteiger partial charge in [0.1, 0.15) is 0 Å². The van der Waals surface area contributed by atoms with E-state index in [1.54, 1.807) is 12.1 Å². The summed E-state index contributed by atoms with van der Waals surface area (Å²) >= 11 is 0. The normalized spacial score (nSPS) is 13.5. The molecule has 0 bridgehead atoms. The van der Waals surface area contributed by atoms with Gasteiger partial charge >= 0.3 is 6.03 Å². The zero-order valence-corrected chi connectivity index (χ0v) is 14.4. The Labute approximate surface area is 141 Å². The number of carbonyl (C=O) groups is 1. The lowest BCUT2D eigenvalue weighted by molar-refractivity contribution is 0.262. The number of carbonyl (C=O) groups excluding carboxylic acids is 1. The van der Waals surface area contributed by atoms with Crippen molar-refractivity contribution in [3.63, 3.8) is 0 Å². The average molecular weight is 345 g/mol. The van der Waals surface area contributed by atoms with E-state index in [4.69, 9.17) is 0 Å². The molecule has 0 fully saturated rings. The highest BCUT2D eigenvalue weighted by Gasteiger charge is 2.26. The minimum Gasteiger partial charge on any atom is -0.308 e. The first-order chi connectivity index (χ1) is 11.3. The number of amides is 2. The third kappa shape index (κ3) is 3.35. The zero-order valence-electron chi connectivity index (χ0n) is 13.5. The van der Waals surface area contributed by atoms with Crippen LogP contribution in [0.5, 0.6) is 0 Å². The number of anilines is 3. The number of hydrogen-bond acceptors (Lipinski definition) is 3. The van der Waals surface area contributed by atoms with E-state index in [1.807, 2.05) is 37.3 Å². The van der Waals surface area contributed by atoms with Crippen LogP contribution in [-0.4, -0.2) is 27.2 Å². The standard InChI is InChI=1S/C17H19N3O3S/c1-12-5-3-4-6-15(12)19-17(21)18-14-8-7-13-9-10-20(16(13)11-14)24(2,22)23/h3-8,11H,9-10H2,1-2H3,(H2,18,19,21). The van der Waals surface area contributed by atoms with Crippen molar-refractivity contribution >= 4 is 33.1 Å². The van der Waals surface area contributed by atoms with Gasteiger partial charge < -0.3 is 10.6 Å². The SMILES string of the molecule is Cc1ccccc1NC(=O)Nc1ccc2c(c1)N(S(C)(=O)=O)CC2. The van der Waals surface area contributed by atoms with Crippen LogP contribution in [0.4, 0.5) is 21.9 Å². The molecule has 0 aromatic heterocycles. The first-order valence-electron chi connectivity index (χ1n) is 7.59. The lowest BCUT2D eigenvalue weighted by atomic mass is 10.1. The highest BCUT2D eigenvalue weighted by atomic mass is 32.2. The van der Waals surface area contributed by atoms with Gasteiger partial charge in [0.05, 0.1) is 11.9 Å². The van der Waals surface area contributed by atoms with E-state index >= 15 is 0 Å². The van der Waals surface area contributed by atoms with Crippen molar-refractivity contribution in [1.29, 1.82) is 0 Å². The molecular weight excluding hydrogens is 326 g/mol. The highest BCUT2D eigenvalue weighted by molar-refractivity contribution is 7.92. The summed E-state index contributed by atoms with van der Waals surface area (Å²) in [4.78, 5) is 12.2.